The van der Waals surface area contributed by atoms with Crippen LogP contribution in [0.3, 0.4) is 0 Å². The van der Waals surface area contributed by atoms with Gasteiger partial charge in [-0.15, -0.1) is 0 Å². The number of hydrogen-bond donors (Lipinski definition) is 1. The van der Waals surface area contributed by atoms with Crippen LogP contribution in [0.1, 0.15) is 25.7 Å². The van der Waals surface area contributed by atoms with Crippen LogP contribution in [0.2, 0.25) is 0 Å². The Labute approximate surface area is 79.6 Å². The Morgan fingerprint density at radius 3 is 2.77 bits per heavy atom. The van der Waals surface area contributed by atoms with Crippen molar-refractivity contribution in [2.75, 3.05) is 26.4 Å². The highest BCUT2D eigenvalue weighted by Gasteiger charge is 2.37. The Bertz CT molecular complexity index is 158. The van der Waals surface area contributed by atoms with E-state index in [2.05, 4.69) is 0 Å². The molecule has 2 rings (SSSR count). The lowest BCUT2D eigenvalue weighted by atomic mass is 9.78. The van der Waals surface area contributed by atoms with E-state index in [1.807, 2.05) is 0 Å². The van der Waals surface area contributed by atoms with Gasteiger partial charge in [0.1, 0.15) is 0 Å². The summed E-state index contributed by atoms with van der Waals surface area (Å²) in [6.45, 7) is 3.46. The van der Waals surface area contributed by atoms with Gasteiger partial charge in [-0.1, -0.05) is 0 Å². The minimum absolute atomic E-state index is 0.00694. The van der Waals surface area contributed by atoms with Crippen LogP contribution >= 0.6 is 0 Å². The molecule has 0 bridgehead atoms. The van der Waals surface area contributed by atoms with Crippen molar-refractivity contribution in [1.29, 1.82) is 0 Å². The molecule has 76 valence electrons. The fourth-order valence-corrected chi connectivity index (χ4v) is 2.39. The smallest absolute Gasteiger partial charge is 0.0512 e. The van der Waals surface area contributed by atoms with E-state index >= 15 is 0 Å². The molecule has 0 aromatic carbocycles. The molecular formula is C10H19NO2. The summed E-state index contributed by atoms with van der Waals surface area (Å²) in [4.78, 5) is 0. The van der Waals surface area contributed by atoms with Gasteiger partial charge in [0.2, 0.25) is 0 Å². The van der Waals surface area contributed by atoms with Crippen LogP contribution in [0.4, 0.5) is 0 Å². The molecule has 0 saturated carbocycles. The largest absolute Gasteiger partial charge is 0.381 e. The Hall–Kier alpha value is -0.120. The number of nitrogens with two attached hydrogens (primary N) is 1. The summed E-state index contributed by atoms with van der Waals surface area (Å²) in [6, 6.07) is 0. The molecule has 0 spiro atoms. The van der Waals surface area contributed by atoms with Crippen LogP contribution in [-0.2, 0) is 9.47 Å². The van der Waals surface area contributed by atoms with Crippen LogP contribution in [0.5, 0.6) is 0 Å². The second-order valence-electron chi connectivity index (χ2n) is 4.26. The Morgan fingerprint density at radius 2 is 2.00 bits per heavy atom. The minimum atomic E-state index is -0.00694. The molecule has 2 N–H and O–H groups in total. The number of hydrogen-bond acceptors (Lipinski definition) is 3. The van der Waals surface area contributed by atoms with Gasteiger partial charge in [0.05, 0.1) is 6.61 Å². The first kappa shape index (κ1) is 9.44. The summed E-state index contributed by atoms with van der Waals surface area (Å²) in [5.74, 6) is 0.564. The second kappa shape index (κ2) is 3.95. The van der Waals surface area contributed by atoms with Crippen molar-refractivity contribution in [3.8, 4) is 0 Å². The molecule has 3 nitrogen and oxygen atoms in total. The van der Waals surface area contributed by atoms with Crippen molar-refractivity contribution in [2.24, 2.45) is 11.7 Å². The summed E-state index contributed by atoms with van der Waals surface area (Å²) >= 11 is 0. The molecule has 2 heterocycles. The van der Waals surface area contributed by atoms with Crippen molar-refractivity contribution in [2.45, 2.75) is 31.2 Å². The first-order chi connectivity index (χ1) is 6.31. The van der Waals surface area contributed by atoms with Crippen molar-refractivity contribution in [3.05, 3.63) is 0 Å². The van der Waals surface area contributed by atoms with Crippen molar-refractivity contribution in [3.63, 3.8) is 0 Å². The first-order valence-electron chi connectivity index (χ1n) is 5.26. The second-order valence-corrected chi connectivity index (χ2v) is 4.26. The fourth-order valence-electron chi connectivity index (χ4n) is 2.39. The lowest BCUT2D eigenvalue weighted by molar-refractivity contribution is 0.126. The third-order valence-corrected chi connectivity index (χ3v) is 3.39. The van der Waals surface area contributed by atoms with E-state index in [1.165, 1.54) is 0 Å². The molecule has 13 heavy (non-hydrogen) atoms. The van der Waals surface area contributed by atoms with Crippen LogP contribution in [0.15, 0.2) is 0 Å². The van der Waals surface area contributed by atoms with Crippen LogP contribution < -0.4 is 5.73 Å². The van der Waals surface area contributed by atoms with Crippen LogP contribution in [-0.4, -0.2) is 32.0 Å². The van der Waals surface area contributed by atoms with E-state index in [0.717, 1.165) is 52.1 Å². The quantitative estimate of drug-likeness (QED) is 0.660. The van der Waals surface area contributed by atoms with E-state index < -0.39 is 0 Å². The van der Waals surface area contributed by atoms with Gasteiger partial charge in [-0.3, -0.25) is 0 Å². The monoisotopic (exact) mass is 185 g/mol. The Morgan fingerprint density at radius 1 is 1.08 bits per heavy atom. The highest BCUT2D eigenvalue weighted by Crippen LogP contribution is 2.32. The standard InChI is InChI=1S/C10H19NO2/c11-10(9-2-6-13-8-9)3-1-5-12-7-4-10/h9H,1-8,11H2. The van der Waals surface area contributed by atoms with Gasteiger partial charge in [0, 0.05) is 31.3 Å². The van der Waals surface area contributed by atoms with E-state index in [4.69, 9.17) is 15.2 Å². The van der Waals surface area contributed by atoms with E-state index in [-0.39, 0.29) is 5.54 Å². The van der Waals surface area contributed by atoms with Gasteiger partial charge < -0.3 is 15.2 Å². The lowest BCUT2D eigenvalue weighted by Gasteiger charge is -2.33. The maximum Gasteiger partial charge on any atom is 0.0512 e. The first-order valence-corrected chi connectivity index (χ1v) is 5.26. The molecule has 2 aliphatic heterocycles. The average molecular weight is 185 g/mol. The third kappa shape index (κ3) is 2.03. The molecule has 0 amide bonds. The molecule has 2 atom stereocenters. The Balaban J connectivity index is 1.98. The average Bonchev–Trinajstić information content (AvgIpc) is 2.57. The number of ether oxygens (including phenoxy) is 2. The molecule has 0 radical (unpaired) electrons. The molecule has 0 aliphatic carbocycles. The summed E-state index contributed by atoms with van der Waals surface area (Å²) in [7, 11) is 0. The molecule has 2 fully saturated rings. The van der Waals surface area contributed by atoms with Crippen molar-refractivity contribution < 1.29 is 9.47 Å². The number of rotatable bonds is 1. The zero-order valence-electron chi connectivity index (χ0n) is 8.13. The highest BCUT2D eigenvalue weighted by atomic mass is 16.5. The Kier molecular flexibility index (Phi) is 2.86. The van der Waals surface area contributed by atoms with Crippen LogP contribution in [0, 0.1) is 5.92 Å². The van der Waals surface area contributed by atoms with E-state index in [9.17, 15) is 0 Å². The van der Waals surface area contributed by atoms with E-state index in [0.29, 0.717) is 5.92 Å². The SMILES string of the molecule is NC1(C2CCOC2)CCCOCC1. The normalized spacial score (nSPS) is 41.8. The maximum atomic E-state index is 6.40. The summed E-state index contributed by atoms with van der Waals surface area (Å²) in [5.41, 5.74) is 6.40. The lowest BCUT2D eigenvalue weighted by Crippen LogP contribution is -2.47. The molecule has 2 saturated heterocycles. The highest BCUT2D eigenvalue weighted by molar-refractivity contribution is 4.93. The van der Waals surface area contributed by atoms with Gasteiger partial charge >= 0.3 is 0 Å². The fraction of sp³-hybridized carbons (Fsp3) is 1.00. The topological polar surface area (TPSA) is 44.5 Å². The van der Waals surface area contributed by atoms with E-state index in [1.54, 1.807) is 0 Å². The summed E-state index contributed by atoms with van der Waals surface area (Å²) < 4.78 is 10.8. The molecule has 3 heteroatoms. The molecule has 0 aromatic heterocycles. The molecule has 0 aromatic rings. The zero-order valence-corrected chi connectivity index (χ0v) is 8.13. The summed E-state index contributed by atoms with van der Waals surface area (Å²) in [5, 5.41) is 0. The van der Waals surface area contributed by atoms with Gasteiger partial charge in [-0.2, -0.15) is 0 Å². The van der Waals surface area contributed by atoms with Crippen molar-refractivity contribution in [1.82, 2.24) is 0 Å². The minimum Gasteiger partial charge on any atom is -0.381 e. The zero-order chi connectivity index (χ0) is 9.15. The van der Waals surface area contributed by atoms with Gasteiger partial charge in [-0.05, 0) is 25.7 Å². The van der Waals surface area contributed by atoms with Gasteiger partial charge in [-0.25, -0.2) is 0 Å². The summed E-state index contributed by atoms with van der Waals surface area (Å²) in [6.07, 6.45) is 4.34. The van der Waals surface area contributed by atoms with Crippen LogP contribution in [0.25, 0.3) is 0 Å². The third-order valence-electron chi connectivity index (χ3n) is 3.39. The van der Waals surface area contributed by atoms with Gasteiger partial charge in [0.15, 0.2) is 0 Å². The molecular weight excluding hydrogens is 166 g/mol. The molecule has 2 unspecified atom stereocenters. The maximum absolute atomic E-state index is 6.40. The van der Waals surface area contributed by atoms with Crippen molar-refractivity contribution >= 4 is 0 Å². The predicted molar refractivity (Wildman–Crippen MR) is 50.5 cm³/mol. The molecule has 2 aliphatic rings. The predicted octanol–water partition coefficient (Wildman–Crippen LogP) is 0.921. The van der Waals surface area contributed by atoms with Gasteiger partial charge in [0.25, 0.3) is 0 Å².